The van der Waals surface area contributed by atoms with E-state index in [1.165, 1.54) is 16.7 Å². The molecule has 1 unspecified atom stereocenters. The molecule has 0 bridgehead atoms. The molecule has 0 N–H and O–H groups in total. The summed E-state index contributed by atoms with van der Waals surface area (Å²) in [7, 11) is 0. The highest BCUT2D eigenvalue weighted by molar-refractivity contribution is 8.00. The summed E-state index contributed by atoms with van der Waals surface area (Å²) in [5.74, 6) is 0.794. The molecular formula is C18H20N2OS. The maximum Gasteiger partial charge on any atom is 0.233 e. The van der Waals surface area contributed by atoms with Gasteiger partial charge in [-0.15, -0.1) is 11.8 Å². The lowest BCUT2D eigenvalue weighted by atomic mass is 10.00. The lowest BCUT2D eigenvalue weighted by Crippen LogP contribution is -2.29. The molecular weight excluding hydrogens is 292 g/mol. The molecule has 1 atom stereocenters. The van der Waals surface area contributed by atoms with Gasteiger partial charge in [-0.1, -0.05) is 36.8 Å². The molecule has 3 nitrogen and oxygen atoms in total. The van der Waals surface area contributed by atoms with E-state index in [1.807, 2.05) is 23.4 Å². The number of carbonyl (C=O) groups excluding carboxylic acids is 1. The normalized spacial score (nSPS) is 18.0. The Kier molecular flexibility index (Phi) is 4.48. The Labute approximate surface area is 135 Å². The molecule has 1 aromatic heterocycles. The van der Waals surface area contributed by atoms with Gasteiger partial charge in [-0.3, -0.25) is 9.78 Å². The third kappa shape index (κ3) is 2.88. The molecule has 1 aliphatic heterocycles. The maximum atomic E-state index is 12.1. The van der Waals surface area contributed by atoms with E-state index < -0.39 is 0 Å². The van der Waals surface area contributed by atoms with Crippen LogP contribution in [0.4, 0.5) is 0 Å². The zero-order valence-corrected chi connectivity index (χ0v) is 13.8. The lowest BCUT2D eigenvalue weighted by molar-refractivity contribution is -0.128. The van der Waals surface area contributed by atoms with E-state index in [9.17, 15) is 4.79 Å². The van der Waals surface area contributed by atoms with Crippen molar-refractivity contribution in [2.75, 3.05) is 12.3 Å². The molecule has 2 aromatic rings. The number of nitrogens with zero attached hydrogens (tertiary/aromatic N) is 2. The SMILES string of the molecule is CCCN1C(=O)CSC1c1cnccc1-c1ccc(C)cc1. The van der Waals surface area contributed by atoms with Crippen LogP contribution < -0.4 is 0 Å². The zero-order valence-electron chi connectivity index (χ0n) is 13.0. The summed E-state index contributed by atoms with van der Waals surface area (Å²) in [5.41, 5.74) is 4.73. The fraction of sp³-hybridized carbons (Fsp3) is 0.333. The second-order valence-electron chi connectivity index (χ2n) is 5.58. The second-order valence-corrected chi connectivity index (χ2v) is 6.65. The van der Waals surface area contributed by atoms with Crippen LogP contribution in [0.3, 0.4) is 0 Å². The number of hydrogen-bond acceptors (Lipinski definition) is 3. The lowest BCUT2D eigenvalue weighted by Gasteiger charge is -2.25. The van der Waals surface area contributed by atoms with Crippen LogP contribution >= 0.6 is 11.8 Å². The number of thioether (sulfide) groups is 1. The molecule has 2 heterocycles. The quantitative estimate of drug-likeness (QED) is 0.854. The Morgan fingerprint density at radius 3 is 2.77 bits per heavy atom. The molecule has 22 heavy (non-hydrogen) atoms. The van der Waals surface area contributed by atoms with Gasteiger partial charge in [0.25, 0.3) is 0 Å². The topological polar surface area (TPSA) is 33.2 Å². The first kappa shape index (κ1) is 15.1. The van der Waals surface area contributed by atoms with E-state index in [0.717, 1.165) is 18.5 Å². The van der Waals surface area contributed by atoms with Gasteiger partial charge in [0.05, 0.1) is 5.75 Å². The predicted octanol–water partition coefficient (Wildman–Crippen LogP) is 4.04. The van der Waals surface area contributed by atoms with Crippen LogP contribution in [0.1, 0.15) is 29.8 Å². The molecule has 0 aliphatic carbocycles. The van der Waals surface area contributed by atoms with Crippen molar-refractivity contribution in [1.29, 1.82) is 0 Å². The molecule has 1 saturated heterocycles. The Hall–Kier alpha value is -1.81. The van der Waals surface area contributed by atoms with Crippen LogP contribution in [0.2, 0.25) is 0 Å². The van der Waals surface area contributed by atoms with Crippen LogP contribution in [0.25, 0.3) is 11.1 Å². The minimum absolute atomic E-state index is 0.0810. The van der Waals surface area contributed by atoms with Gasteiger partial charge < -0.3 is 4.90 Å². The molecule has 1 aromatic carbocycles. The van der Waals surface area contributed by atoms with Crippen molar-refractivity contribution in [2.24, 2.45) is 0 Å². The minimum Gasteiger partial charge on any atom is -0.326 e. The standard InChI is InChI=1S/C18H20N2OS/c1-3-10-20-17(21)12-22-18(20)16-11-19-9-8-15(16)14-6-4-13(2)5-7-14/h4-9,11,18H,3,10,12H2,1-2H3. The van der Waals surface area contributed by atoms with Crippen LogP contribution in [0.15, 0.2) is 42.7 Å². The van der Waals surface area contributed by atoms with E-state index in [0.29, 0.717) is 5.75 Å². The van der Waals surface area contributed by atoms with Gasteiger partial charge in [0.1, 0.15) is 5.37 Å². The van der Waals surface area contributed by atoms with Crippen molar-refractivity contribution in [1.82, 2.24) is 9.88 Å². The van der Waals surface area contributed by atoms with Crippen molar-refractivity contribution >= 4 is 17.7 Å². The van der Waals surface area contributed by atoms with Gasteiger partial charge in [-0.25, -0.2) is 0 Å². The Balaban J connectivity index is 2.01. The first-order chi connectivity index (χ1) is 10.7. The number of benzene rings is 1. The number of aromatic nitrogens is 1. The van der Waals surface area contributed by atoms with Gasteiger partial charge >= 0.3 is 0 Å². The molecule has 3 rings (SSSR count). The third-order valence-electron chi connectivity index (χ3n) is 3.91. The summed E-state index contributed by atoms with van der Waals surface area (Å²) < 4.78 is 0. The first-order valence-corrected chi connectivity index (χ1v) is 8.67. The third-order valence-corrected chi connectivity index (χ3v) is 5.15. The summed E-state index contributed by atoms with van der Waals surface area (Å²) >= 11 is 1.70. The highest BCUT2D eigenvalue weighted by Gasteiger charge is 2.33. The largest absolute Gasteiger partial charge is 0.326 e. The predicted molar refractivity (Wildman–Crippen MR) is 91.6 cm³/mol. The molecule has 114 valence electrons. The van der Waals surface area contributed by atoms with Gasteiger partial charge in [0.15, 0.2) is 0 Å². The number of amides is 1. The van der Waals surface area contributed by atoms with E-state index in [4.69, 9.17) is 0 Å². The number of rotatable bonds is 4. The van der Waals surface area contributed by atoms with Crippen LogP contribution in [0, 0.1) is 6.92 Å². The summed E-state index contributed by atoms with van der Waals surface area (Å²) in [6, 6.07) is 10.6. The number of carbonyl (C=O) groups is 1. The van der Waals surface area contributed by atoms with Gasteiger partial charge in [0, 0.05) is 24.5 Å². The van der Waals surface area contributed by atoms with Gasteiger partial charge in [-0.2, -0.15) is 0 Å². The number of pyridine rings is 1. The van der Waals surface area contributed by atoms with Crippen molar-refractivity contribution in [3.05, 3.63) is 53.9 Å². The molecule has 1 fully saturated rings. The molecule has 0 spiro atoms. The molecule has 0 radical (unpaired) electrons. The minimum atomic E-state index is 0.0810. The van der Waals surface area contributed by atoms with Crippen molar-refractivity contribution < 1.29 is 4.79 Å². The first-order valence-electron chi connectivity index (χ1n) is 7.62. The van der Waals surface area contributed by atoms with Crippen LogP contribution in [0.5, 0.6) is 0 Å². The average molecular weight is 312 g/mol. The second kappa shape index (κ2) is 6.53. The summed E-state index contributed by atoms with van der Waals surface area (Å²) in [6.45, 7) is 5.00. The highest BCUT2D eigenvalue weighted by atomic mass is 32.2. The smallest absolute Gasteiger partial charge is 0.233 e. The van der Waals surface area contributed by atoms with E-state index >= 15 is 0 Å². The number of hydrogen-bond donors (Lipinski definition) is 0. The van der Waals surface area contributed by atoms with E-state index in [2.05, 4.69) is 43.1 Å². The van der Waals surface area contributed by atoms with Crippen molar-refractivity contribution in [2.45, 2.75) is 25.6 Å². The van der Waals surface area contributed by atoms with Gasteiger partial charge in [0.2, 0.25) is 5.91 Å². The maximum absolute atomic E-state index is 12.1. The van der Waals surface area contributed by atoms with E-state index in [-0.39, 0.29) is 11.3 Å². The molecule has 4 heteroatoms. The van der Waals surface area contributed by atoms with Crippen LogP contribution in [-0.4, -0.2) is 28.1 Å². The molecule has 0 saturated carbocycles. The summed E-state index contributed by atoms with van der Waals surface area (Å²) in [5, 5.41) is 0.0810. The highest BCUT2D eigenvalue weighted by Crippen LogP contribution is 2.42. The Morgan fingerprint density at radius 2 is 2.05 bits per heavy atom. The summed E-state index contributed by atoms with van der Waals surface area (Å²) in [4.78, 5) is 18.4. The molecule has 1 amide bonds. The molecule has 1 aliphatic rings. The van der Waals surface area contributed by atoms with E-state index in [1.54, 1.807) is 11.8 Å². The Bertz CT molecular complexity index is 669. The van der Waals surface area contributed by atoms with Gasteiger partial charge in [-0.05, 0) is 30.5 Å². The van der Waals surface area contributed by atoms with Crippen LogP contribution in [-0.2, 0) is 4.79 Å². The van der Waals surface area contributed by atoms with Crippen molar-refractivity contribution in [3.8, 4) is 11.1 Å². The zero-order chi connectivity index (χ0) is 15.5. The number of aryl methyl sites for hydroxylation is 1. The monoisotopic (exact) mass is 312 g/mol. The van der Waals surface area contributed by atoms with Crippen molar-refractivity contribution in [3.63, 3.8) is 0 Å². The Morgan fingerprint density at radius 1 is 1.27 bits per heavy atom. The summed E-state index contributed by atoms with van der Waals surface area (Å²) in [6.07, 6.45) is 4.71. The fourth-order valence-electron chi connectivity index (χ4n) is 2.79. The fourth-order valence-corrected chi connectivity index (χ4v) is 4.03. The average Bonchev–Trinajstić information content (AvgIpc) is 2.90.